The van der Waals surface area contributed by atoms with Crippen LogP contribution in [0.25, 0.3) is 0 Å². The molecule has 0 unspecified atom stereocenters. The predicted molar refractivity (Wildman–Crippen MR) is 90.1 cm³/mol. The van der Waals surface area contributed by atoms with Crippen LogP contribution in [0.2, 0.25) is 0 Å². The van der Waals surface area contributed by atoms with Crippen molar-refractivity contribution in [2.75, 3.05) is 18.6 Å². The second-order valence-electron chi connectivity index (χ2n) is 4.89. The summed E-state index contributed by atoms with van der Waals surface area (Å²) in [6, 6.07) is 17.7. The number of anilines is 1. The van der Waals surface area contributed by atoms with Gasteiger partial charge in [-0.05, 0) is 36.8 Å². The third kappa shape index (κ3) is 6.40. The number of hydrazine groups is 1. The Bertz CT molecular complexity index is 585. The van der Waals surface area contributed by atoms with Gasteiger partial charge in [0.15, 0.2) is 0 Å². The smallest absolute Gasteiger partial charge is 0.309 e. The molecular weight excluding hydrogens is 292 g/mol. The van der Waals surface area contributed by atoms with Crippen molar-refractivity contribution in [2.45, 2.75) is 19.9 Å². The zero-order valence-corrected chi connectivity index (χ0v) is 13.2. The molecule has 0 saturated heterocycles. The van der Waals surface area contributed by atoms with Crippen molar-refractivity contribution in [3.05, 3.63) is 60.2 Å². The highest BCUT2D eigenvalue weighted by atomic mass is 16.5. The van der Waals surface area contributed by atoms with E-state index in [1.807, 2.05) is 54.6 Å². The van der Waals surface area contributed by atoms with E-state index >= 15 is 0 Å². The summed E-state index contributed by atoms with van der Waals surface area (Å²) in [5.74, 6) is 0.509. The molecule has 2 aromatic carbocycles. The first-order valence-corrected chi connectivity index (χ1v) is 7.69. The van der Waals surface area contributed by atoms with E-state index in [0.717, 1.165) is 17.0 Å². The third-order valence-corrected chi connectivity index (χ3v) is 3.10. The van der Waals surface area contributed by atoms with Crippen LogP contribution in [0.3, 0.4) is 0 Å². The van der Waals surface area contributed by atoms with Gasteiger partial charge in [-0.2, -0.15) is 0 Å². The number of benzene rings is 2. The average molecular weight is 314 g/mol. The molecule has 0 aromatic heterocycles. The number of hydrogen-bond donors (Lipinski definition) is 2. The number of carbonyl (C=O) groups excluding carboxylic acids is 1. The van der Waals surface area contributed by atoms with Crippen molar-refractivity contribution in [3.8, 4) is 5.75 Å². The normalized spacial score (nSPS) is 10.1. The van der Waals surface area contributed by atoms with Crippen molar-refractivity contribution in [2.24, 2.45) is 0 Å². The van der Waals surface area contributed by atoms with Gasteiger partial charge >= 0.3 is 5.97 Å². The van der Waals surface area contributed by atoms with Gasteiger partial charge in [0.2, 0.25) is 0 Å². The number of esters is 1. The Morgan fingerprint density at radius 1 is 1.04 bits per heavy atom. The molecule has 2 N–H and O–H groups in total. The maximum absolute atomic E-state index is 11.2. The first kappa shape index (κ1) is 16.8. The molecule has 23 heavy (non-hydrogen) atoms. The van der Waals surface area contributed by atoms with Crippen LogP contribution >= 0.6 is 0 Å². The zero-order chi connectivity index (χ0) is 16.3. The molecule has 0 fully saturated rings. The van der Waals surface area contributed by atoms with Crippen molar-refractivity contribution < 1.29 is 14.3 Å². The summed E-state index contributed by atoms with van der Waals surface area (Å²) in [5, 5.41) is 0. The highest BCUT2D eigenvalue weighted by molar-refractivity contribution is 5.69. The monoisotopic (exact) mass is 314 g/mol. The minimum Gasteiger partial charge on any atom is -0.493 e. The maximum Gasteiger partial charge on any atom is 0.309 e. The molecule has 0 radical (unpaired) electrons. The van der Waals surface area contributed by atoms with Gasteiger partial charge in [0.1, 0.15) is 5.75 Å². The highest BCUT2D eigenvalue weighted by Gasteiger charge is 2.02. The van der Waals surface area contributed by atoms with Crippen molar-refractivity contribution >= 4 is 11.7 Å². The molecule has 2 aromatic rings. The average Bonchev–Trinajstić information content (AvgIpc) is 2.57. The molecule has 0 heterocycles. The Hall–Kier alpha value is -2.53. The van der Waals surface area contributed by atoms with E-state index in [1.54, 1.807) is 6.92 Å². The molecule has 0 aliphatic heterocycles. The lowest BCUT2D eigenvalue weighted by Crippen LogP contribution is -2.20. The summed E-state index contributed by atoms with van der Waals surface area (Å²) in [6.45, 7) is 3.21. The molecule has 0 bridgehead atoms. The Kier molecular flexibility index (Phi) is 6.94. The lowest BCUT2D eigenvalue weighted by molar-refractivity contribution is -0.143. The lowest BCUT2D eigenvalue weighted by Gasteiger charge is -2.09. The van der Waals surface area contributed by atoms with Gasteiger partial charge < -0.3 is 14.9 Å². The van der Waals surface area contributed by atoms with Crippen molar-refractivity contribution in [1.29, 1.82) is 0 Å². The molecule has 0 amide bonds. The molecule has 5 nitrogen and oxygen atoms in total. The number of rotatable bonds is 9. The second-order valence-corrected chi connectivity index (χ2v) is 4.89. The van der Waals surface area contributed by atoms with Gasteiger partial charge in [0, 0.05) is 12.2 Å². The van der Waals surface area contributed by atoms with Crippen LogP contribution in [-0.2, 0) is 16.1 Å². The number of ether oxygens (including phenoxy) is 2. The fourth-order valence-corrected chi connectivity index (χ4v) is 1.96. The number of hydrogen-bond acceptors (Lipinski definition) is 5. The van der Waals surface area contributed by atoms with Crippen LogP contribution in [-0.4, -0.2) is 19.2 Å². The van der Waals surface area contributed by atoms with E-state index in [2.05, 4.69) is 10.9 Å². The standard InChI is InChI=1S/C18H22N2O3/c1-2-22-18(21)12-13-23-17-10-8-15(9-11-17)14-19-20-16-6-4-3-5-7-16/h3-11,19-20H,2,12-14H2,1H3. The quantitative estimate of drug-likeness (QED) is 0.550. The first-order chi connectivity index (χ1) is 11.3. The SMILES string of the molecule is CCOC(=O)CCOc1ccc(CNNc2ccccc2)cc1. The topological polar surface area (TPSA) is 59.6 Å². The van der Waals surface area contributed by atoms with Crippen LogP contribution in [0.5, 0.6) is 5.75 Å². The van der Waals surface area contributed by atoms with Crippen LogP contribution in [0.15, 0.2) is 54.6 Å². The third-order valence-electron chi connectivity index (χ3n) is 3.10. The summed E-state index contributed by atoms with van der Waals surface area (Å²) in [7, 11) is 0. The summed E-state index contributed by atoms with van der Waals surface area (Å²) in [5.41, 5.74) is 8.44. The van der Waals surface area contributed by atoms with E-state index in [4.69, 9.17) is 9.47 Å². The van der Waals surface area contributed by atoms with Gasteiger partial charge in [0.25, 0.3) is 0 Å². The molecule has 0 atom stereocenters. The van der Waals surface area contributed by atoms with E-state index in [1.165, 1.54) is 0 Å². The molecule has 2 rings (SSSR count). The molecule has 0 spiro atoms. The second kappa shape index (κ2) is 9.48. The van der Waals surface area contributed by atoms with Gasteiger partial charge in [-0.3, -0.25) is 4.79 Å². The first-order valence-electron chi connectivity index (χ1n) is 7.69. The molecule has 0 aliphatic rings. The zero-order valence-electron chi connectivity index (χ0n) is 13.2. The largest absolute Gasteiger partial charge is 0.493 e. The van der Waals surface area contributed by atoms with Gasteiger partial charge in [-0.25, -0.2) is 5.43 Å². The van der Waals surface area contributed by atoms with Gasteiger partial charge in [-0.1, -0.05) is 30.3 Å². The van der Waals surface area contributed by atoms with Crippen LogP contribution in [0.1, 0.15) is 18.9 Å². The Balaban J connectivity index is 1.69. The number of nitrogens with one attached hydrogen (secondary N) is 2. The molecular formula is C18H22N2O3. The fraction of sp³-hybridized carbons (Fsp3) is 0.278. The lowest BCUT2D eigenvalue weighted by atomic mass is 10.2. The predicted octanol–water partition coefficient (Wildman–Crippen LogP) is 3.14. The van der Waals surface area contributed by atoms with Gasteiger partial charge in [-0.15, -0.1) is 0 Å². The number of para-hydroxylation sites is 1. The van der Waals surface area contributed by atoms with Gasteiger partial charge in [0.05, 0.1) is 19.6 Å². The van der Waals surface area contributed by atoms with E-state index in [9.17, 15) is 4.79 Å². The minimum absolute atomic E-state index is 0.236. The molecule has 5 heteroatoms. The maximum atomic E-state index is 11.2. The van der Waals surface area contributed by atoms with Crippen molar-refractivity contribution in [3.63, 3.8) is 0 Å². The summed E-state index contributed by atoms with van der Waals surface area (Å²) >= 11 is 0. The van der Waals surface area contributed by atoms with E-state index in [-0.39, 0.29) is 12.4 Å². The van der Waals surface area contributed by atoms with Crippen LogP contribution in [0.4, 0.5) is 5.69 Å². The Morgan fingerprint density at radius 2 is 1.78 bits per heavy atom. The Morgan fingerprint density at radius 3 is 2.48 bits per heavy atom. The van der Waals surface area contributed by atoms with E-state index in [0.29, 0.717) is 19.8 Å². The number of carbonyl (C=O) groups is 1. The minimum atomic E-state index is -0.236. The molecule has 0 aliphatic carbocycles. The highest BCUT2D eigenvalue weighted by Crippen LogP contribution is 2.12. The molecule has 0 saturated carbocycles. The van der Waals surface area contributed by atoms with Crippen LogP contribution in [0, 0.1) is 0 Å². The molecule has 122 valence electrons. The summed E-state index contributed by atoms with van der Waals surface area (Å²) in [4.78, 5) is 11.2. The van der Waals surface area contributed by atoms with Crippen molar-refractivity contribution in [1.82, 2.24) is 5.43 Å². The summed E-state index contributed by atoms with van der Waals surface area (Å²) < 4.78 is 10.4. The fourth-order valence-electron chi connectivity index (χ4n) is 1.96. The summed E-state index contributed by atoms with van der Waals surface area (Å²) in [6.07, 6.45) is 0.262. The van der Waals surface area contributed by atoms with Crippen LogP contribution < -0.4 is 15.6 Å². The Labute approximate surface area is 136 Å². The van der Waals surface area contributed by atoms with E-state index < -0.39 is 0 Å².